The fraction of sp³-hybridized carbons (Fsp3) is 0.389. The van der Waals surface area contributed by atoms with Gasteiger partial charge < -0.3 is 14.1 Å². The molecular formula is C18H22N2O4. The molecule has 0 aliphatic carbocycles. The fourth-order valence-electron chi connectivity index (χ4n) is 2.27. The van der Waals surface area contributed by atoms with Crippen molar-refractivity contribution >= 4 is 29.1 Å². The van der Waals surface area contributed by atoms with E-state index in [0.29, 0.717) is 30.5 Å². The normalized spacial score (nSPS) is 11.3. The lowest BCUT2D eigenvalue weighted by atomic mass is 10.2. The molecule has 0 atom stereocenters. The molecule has 2 rings (SSSR count). The zero-order valence-electron chi connectivity index (χ0n) is 14.2. The lowest BCUT2D eigenvalue weighted by Crippen LogP contribution is -2.34. The molecule has 0 saturated heterocycles. The molecule has 0 unspecified atom stereocenters. The van der Waals surface area contributed by atoms with E-state index in [1.807, 2.05) is 38.1 Å². The van der Waals surface area contributed by atoms with Crippen LogP contribution in [0.15, 0.2) is 34.8 Å². The van der Waals surface area contributed by atoms with Crippen molar-refractivity contribution in [2.45, 2.75) is 20.3 Å². The first kappa shape index (κ1) is 17.7. The van der Waals surface area contributed by atoms with E-state index in [2.05, 4.69) is 9.72 Å². The molecule has 1 heterocycles. The van der Waals surface area contributed by atoms with Gasteiger partial charge in [0.1, 0.15) is 5.52 Å². The lowest BCUT2D eigenvalue weighted by Gasteiger charge is -2.22. The number of oxazole rings is 1. The largest absolute Gasteiger partial charge is 0.469 e. The van der Waals surface area contributed by atoms with Crippen molar-refractivity contribution in [3.8, 4) is 0 Å². The smallest absolute Gasteiger partial charge is 0.307 e. The highest BCUT2D eigenvalue weighted by Crippen LogP contribution is 2.15. The zero-order chi connectivity index (χ0) is 17.5. The molecule has 6 nitrogen and oxygen atoms in total. The number of rotatable bonds is 7. The average Bonchev–Trinajstić information content (AvgIpc) is 2.98. The number of carbonyl (C=O) groups excluding carboxylic acids is 2. The van der Waals surface area contributed by atoms with E-state index in [9.17, 15) is 9.59 Å². The van der Waals surface area contributed by atoms with Crippen LogP contribution in [0.25, 0.3) is 17.2 Å². The lowest BCUT2D eigenvalue weighted by molar-refractivity contribution is -0.141. The number of aromatic nitrogens is 1. The van der Waals surface area contributed by atoms with Crippen molar-refractivity contribution < 1.29 is 18.7 Å². The molecule has 128 valence electrons. The van der Waals surface area contributed by atoms with E-state index in [-0.39, 0.29) is 18.3 Å². The summed E-state index contributed by atoms with van der Waals surface area (Å²) in [5.74, 6) is 0.153. The van der Waals surface area contributed by atoms with Crippen molar-refractivity contribution in [3.63, 3.8) is 0 Å². The Morgan fingerprint density at radius 3 is 2.75 bits per heavy atom. The molecule has 1 aromatic carbocycles. The van der Waals surface area contributed by atoms with Crippen LogP contribution in [0.4, 0.5) is 0 Å². The predicted octanol–water partition coefficient (Wildman–Crippen LogP) is 2.89. The summed E-state index contributed by atoms with van der Waals surface area (Å²) in [6.07, 6.45) is 3.14. The Kier molecular flexibility index (Phi) is 6.12. The second-order valence-electron chi connectivity index (χ2n) is 5.86. The molecule has 0 aliphatic heterocycles. The molecule has 2 aromatic rings. The second kappa shape index (κ2) is 8.29. The van der Waals surface area contributed by atoms with Crippen molar-refractivity contribution in [2.75, 3.05) is 20.2 Å². The Labute approximate surface area is 141 Å². The van der Waals surface area contributed by atoms with Gasteiger partial charge in [0.05, 0.1) is 13.5 Å². The number of benzene rings is 1. The second-order valence-corrected chi connectivity index (χ2v) is 5.86. The zero-order valence-corrected chi connectivity index (χ0v) is 14.2. The third kappa shape index (κ3) is 4.94. The van der Waals surface area contributed by atoms with Crippen molar-refractivity contribution in [1.82, 2.24) is 9.88 Å². The van der Waals surface area contributed by atoms with Gasteiger partial charge in [-0.15, -0.1) is 0 Å². The number of fused-ring (bicyclic) bond motifs is 1. The van der Waals surface area contributed by atoms with Crippen LogP contribution in [-0.4, -0.2) is 42.0 Å². The third-order valence-electron chi connectivity index (χ3n) is 3.39. The first-order valence-electron chi connectivity index (χ1n) is 7.89. The van der Waals surface area contributed by atoms with Crippen LogP contribution in [0.1, 0.15) is 26.2 Å². The average molecular weight is 330 g/mol. The quantitative estimate of drug-likeness (QED) is 0.576. The summed E-state index contributed by atoms with van der Waals surface area (Å²) >= 11 is 0. The Morgan fingerprint density at radius 2 is 2.08 bits per heavy atom. The Morgan fingerprint density at radius 1 is 1.33 bits per heavy atom. The number of nitrogens with zero attached hydrogens (tertiary/aromatic N) is 2. The number of ether oxygens (including phenoxy) is 1. The molecule has 1 aromatic heterocycles. The minimum absolute atomic E-state index is 0.172. The molecule has 0 radical (unpaired) electrons. The van der Waals surface area contributed by atoms with Gasteiger partial charge in [-0.3, -0.25) is 9.59 Å². The number of hydrogen-bond donors (Lipinski definition) is 0. The first-order chi connectivity index (χ1) is 11.5. The standard InChI is InChI=1S/C18H22N2O4/c1-13(2)12-20(11-10-18(22)23-3)17(21)9-8-16-19-14-6-4-5-7-15(14)24-16/h4-9,13H,10-12H2,1-3H3/b9-8+. The van der Waals surface area contributed by atoms with Gasteiger partial charge in [-0.25, -0.2) is 4.98 Å². The summed E-state index contributed by atoms with van der Waals surface area (Å²) in [6.45, 7) is 4.92. The summed E-state index contributed by atoms with van der Waals surface area (Å²) in [6, 6.07) is 7.41. The molecule has 0 spiro atoms. The van der Waals surface area contributed by atoms with Crippen LogP contribution in [0.5, 0.6) is 0 Å². The van der Waals surface area contributed by atoms with Crippen LogP contribution in [0.3, 0.4) is 0 Å². The van der Waals surface area contributed by atoms with Gasteiger partial charge in [0, 0.05) is 25.2 Å². The maximum Gasteiger partial charge on any atom is 0.307 e. The van der Waals surface area contributed by atoms with Crippen LogP contribution in [0, 0.1) is 5.92 Å². The molecule has 1 amide bonds. The maximum atomic E-state index is 12.4. The Balaban J connectivity index is 2.05. The minimum atomic E-state index is -0.334. The van der Waals surface area contributed by atoms with Crippen molar-refractivity contribution in [1.29, 1.82) is 0 Å². The summed E-state index contributed by atoms with van der Waals surface area (Å²) in [7, 11) is 1.34. The number of hydrogen-bond acceptors (Lipinski definition) is 5. The first-order valence-corrected chi connectivity index (χ1v) is 7.89. The highest BCUT2D eigenvalue weighted by molar-refractivity contribution is 5.91. The van der Waals surface area contributed by atoms with Gasteiger partial charge in [-0.2, -0.15) is 0 Å². The Hall–Kier alpha value is -2.63. The number of para-hydroxylation sites is 2. The predicted molar refractivity (Wildman–Crippen MR) is 91.1 cm³/mol. The van der Waals surface area contributed by atoms with E-state index in [0.717, 1.165) is 5.52 Å². The number of amides is 1. The third-order valence-corrected chi connectivity index (χ3v) is 3.39. The molecule has 6 heteroatoms. The molecule has 24 heavy (non-hydrogen) atoms. The molecular weight excluding hydrogens is 308 g/mol. The Bertz CT molecular complexity index is 700. The van der Waals surface area contributed by atoms with Crippen molar-refractivity contribution in [2.24, 2.45) is 5.92 Å². The molecule has 0 saturated carbocycles. The number of esters is 1. The molecule has 0 fully saturated rings. The summed E-state index contributed by atoms with van der Waals surface area (Å²) in [4.78, 5) is 29.6. The van der Waals surface area contributed by atoms with Crippen LogP contribution >= 0.6 is 0 Å². The minimum Gasteiger partial charge on any atom is -0.469 e. The van der Waals surface area contributed by atoms with Crippen LogP contribution in [-0.2, 0) is 14.3 Å². The summed E-state index contributed by atoms with van der Waals surface area (Å²) in [5, 5.41) is 0. The van der Waals surface area contributed by atoms with Gasteiger partial charge in [0.25, 0.3) is 0 Å². The molecule has 0 bridgehead atoms. The maximum absolute atomic E-state index is 12.4. The van der Waals surface area contributed by atoms with E-state index in [1.54, 1.807) is 11.0 Å². The molecule has 0 aliphatic rings. The monoisotopic (exact) mass is 330 g/mol. The van der Waals surface area contributed by atoms with E-state index in [1.165, 1.54) is 13.2 Å². The number of carbonyl (C=O) groups is 2. The highest BCUT2D eigenvalue weighted by atomic mass is 16.5. The molecule has 0 N–H and O–H groups in total. The summed E-state index contributed by atoms with van der Waals surface area (Å²) < 4.78 is 10.2. The number of methoxy groups -OCH3 is 1. The van der Waals surface area contributed by atoms with E-state index >= 15 is 0 Å². The summed E-state index contributed by atoms with van der Waals surface area (Å²) in [5.41, 5.74) is 1.42. The van der Waals surface area contributed by atoms with Gasteiger partial charge in [-0.1, -0.05) is 26.0 Å². The van der Waals surface area contributed by atoms with Gasteiger partial charge >= 0.3 is 5.97 Å². The fourth-order valence-corrected chi connectivity index (χ4v) is 2.27. The van der Waals surface area contributed by atoms with E-state index in [4.69, 9.17) is 4.42 Å². The van der Waals surface area contributed by atoms with Crippen LogP contribution in [0.2, 0.25) is 0 Å². The van der Waals surface area contributed by atoms with E-state index < -0.39 is 0 Å². The van der Waals surface area contributed by atoms with Crippen LogP contribution < -0.4 is 0 Å². The SMILES string of the molecule is COC(=O)CCN(CC(C)C)C(=O)/C=C/c1nc2ccccc2o1. The van der Waals surface area contributed by atoms with Gasteiger partial charge in [0.15, 0.2) is 5.58 Å². The van der Waals surface area contributed by atoms with Gasteiger partial charge in [-0.05, 0) is 18.1 Å². The topological polar surface area (TPSA) is 72.6 Å². The highest BCUT2D eigenvalue weighted by Gasteiger charge is 2.14. The van der Waals surface area contributed by atoms with Crippen molar-refractivity contribution in [3.05, 3.63) is 36.2 Å². The van der Waals surface area contributed by atoms with Gasteiger partial charge in [0.2, 0.25) is 11.8 Å².